The Labute approximate surface area is 212 Å². The molecule has 0 aromatic heterocycles. The minimum Gasteiger partial charge on any atom is -0.491 e. The summed E-state index contributed by atoms with van der Waals surface area (Å²) in [6.07, 6.45) is -0.280. The lowest BCUT2D eigenvalue weighted by molar-refractivity contribution is -0.139. The van der Waals surface area contributed by atoms with Gasteiger partial charge < -0.3 is 29.3 Å². The molecule has 0 saturated heterocycles. The third kappa shape index (κ3) is 6.61. The predicted molar refractivity (Wildman–Crippen MR) is 136 cm³/mol. The summed E-state index contributed by atoms with van der Waals surface area (Å²) in [5.74, 6) is -0.357. The Morgan fingerprint density at radius 2 is 1.81 bits per heavy atom. The molecule has 36 heavy (non-hydrogen) atoms. The first-order valence-electron chi connectivity index (χ1n) is 11.9. The van der Waals surface area contributed by atoms with Crippen molar-refractivity contribution in [1.82, 2.24) is 9.80 Å². The summed E-state index contributed by atoms with van der Waals surface area (Å²) < 4.78 is 16.9. The molecule has 0 bridgehead atoms. The van der Waals surface area contributed by atoms with Crippen LogP contribution in [0.1, 0.15) is 34.6 Å². The van der Waals surface area contributed by atoms with Gasteiger partial charge in [0.25, 0.3) is 11.8 Å². The number of nitrogens with one attached hydrogen (secondary N) is 1. The number of amides is 3. The quantitative estimate of drug-likeness (QED) is 0.682. The van der Waals surface area contributed by atoms with Crippen molar-refractivity contribution < 1.29 is 28.6 Å². The number of ether oxygens (including phenoxy) is 3. The summed E-state index contributed by atoms with van der Waals surface area (Å²) in [6.45, 7) is 4.76. The van der Waals surface area contributed by atoms with Crippen LogP contribution in [-0.2, 0) is 14.3 Å². The highest BCUT2D eigenvalue weighted by Crippen LogP contribution is 2.27. The third-order valence-electron chi connectivity index (χ3n) is 6.33. The topological polar surface area (TPSA) is 97.4 Å². The highest BCUT2D eigenvalue weighted by Gasteiger charge is 2.30. The summed E-state index contributed by atoms with van der Waals surface area (Å²) in [6, 6.07) is 13.5. The van der Waals surface area contributed by atoms with E-state index in [2.05, 4.69) is 5.32 Å². The van der Waals surface area contributed by atoms with E-state index in [4.69, 9.17) is 14.2 Å². The number of likely N-dealkylation sites (N-methyl/N-ethyl adjacent to an activating group) is 1. The lowest BCUT2D eigenvalue weighted by Crippen LogP contribution is -2.49. The number of methoxy groups -OCH3 is 2. The predicted octanol–water partition coefficient (Wildman–Crippen LogP) is 2.92. The molecule has 2 aromatic rings. The summed E-state index contributed by atoms with van der Waals surface area (Å²) in [5, 5.41) is 2.85. The fraction of sp³-hybridized carbons (Fsp3) is 0.444. The molecule has 2 aromatic carbocycles. The number of hydrogen-bond acceptors (Lipinski definition) is 6. The minimum absolute atomic E-state index is 0.0389. The molecule has 3 atom stereocenters. The Morgan fingerprint density at radius 1 is 1.08 bits per heavy atom. The van der Waals surface area contributed by atoms with Crippen LogP contribution >= 0.6 is 0 Å². The van der Waals surface area contributed by atoms with E-state index in [0.717, 1.165) is 0 Å². The third-order valence-corrected chi connectivity index (χ3v) is 6.33. The maximum Gasteiger partial charge on any atom is 0.257 e. The molecule has 0 saturated carbocycles. The van der Waals surface area contributed by atoms with Crippen molar-refractivity contribution in [1.29, 1.82) is 0 Å². The van der Waals surface area contributed by atoms with Crippen LogP contribution in [0.25, 0.3) is 0 Å². The molecule has 1 N–H and O–H groups in total. The Bertz CT molecular complexity index is 1060. The fourth-order valence-corrected chi connectivity index (χ4v) is 4.20. The SMILES string of the molecule is COCC(=O)N1C[C@@H](C)[C@H](OC)CN(C)C(=O)c2ccc(NC(=O)c3ccccc3)cc2OC[C@H]1C. The van der Waals surface area contributed by atoms with E-state index in [9.17, 15) is 14.4 Å². The minimum atomic E-state index is -0.296. The lowest BCUT2D eigenvalue weighted by atomic mass is 10.0. The Morgan fingerprint density at radius 3 is 2.47 bits per heavy atom. The second kappa shape index (κ2) is 12.5. The van der Waals surface area contributed by atoms with Gasteiger partial charge in [0.1, 0.15) is 19.0 Å². The van der Waals surface area contributed by atoms with Crippen molar-refractivity contribution in [2.45, 2.75) is 26.0 Å². The van der Waals surface area contributed by atoms with Crippen molar-refractivity contribution in [3.8, 4) is 5.75 Å². The van der Waals surface area contributed by atoms with Crippen molar-refractivity contribution in [2.75, 3.05) is 52.9 Å². The lowest BCUT2D eigenvalue weighted by Gasteiger charge is -2.36. The summed E-state index contributed by atoms with van der Waals surface area (Å²) in [7, 11) is 4.80. The smallest absolute Gasteiger partial charge is 0.257 e. The zero-order valence-corrected chi connectivity index (χ0v) is 21.5. The van der Waals surface area contributed by atoms with Crippen LogP contribution in [0.3, 0.4) is 0 Å². The maximum atomic E-state index is 13.3. The molecule has 1 aliphatic rings. The molecule has 1 heterocycles. The van der Waals surface area contributed by atoms with Crippen molar-refractivity contribution in [3.63, 3.8) is 0 Å². The van der Waals surface area contributed by atoms with Crippen LogP contribution < -0.4 is 10.1 Å². The maximum absolute atomic E-state index is 13.3. The highest BCUT2D eigenvalue weighted by atomic mass is 16.5. The number of carbonyl (C=O) groups is 3. The number of fused-ring (bicyclic) bond motifs is 1. The van der Waals surface area contributed by atoms with Gasteiger partial charge in [0.2, 0.25) is 5.91 Å². The van der Waals surface area contributed by atoms with Gasteiger partial charge in [-0.25, -0.2) is 0 Å². The van der Waals surface area contributed by atoms with Crippen LogP contribution in [0, 0.1) is 5.92 Å². The molecule has 0 radical (unpaired) electrons. The molecule has 3 rings (SSSR count). The van der Waals surface area contributed by atoms with E-state index < -0.39 is 0 Å². The van der Waals surface area contributed by atoms with Gasteiger partial charge in [0.15, 0.2) is 0 Å². The molecule has 0 fully saturated rings. The molecule has 9 nitrogen and oxygen atoms in total. The average molecular weight is 498 g/mol. The standard InChI is InChI=1S/C27H35N3O6/c1-18-14-30(25(31)17-34-4)19(2)16-36-23-13-21(28-26(32)20-9-7-6-8-10-20)11-12-22(23)27(33)29(3)15-24(18)35-5/h6-13,18-19,24H,14-17H2,1-5H3,(H,28,32)/t18-,19-,24-/m1/s1. The molecule has 9 heteroatoms. The second-order valence-electron chi connectivity index (χ2n) is 9.11. The second-order valence-corrected chi connectivity index (χ2v) is 9.11. The van der Waals surface area contributed by atoms with Gasteiger partial charge in [-0.2, -0.15) is 0 Å². The van der Waals surface area contributed by atoms with Crippen molar-refractivity contribution in [3.05, 3.63) is 59.7 Å². The average Bonchev–Trinajstić information content (AvgIpc) is 2.88. The van der Waals surface area contributed by atoms with Crippen LogP contribution in [0.15, 0.2) is 48.5 Å². The van der Waals surface area contributed by atoms with Gasteiger partial charge in [0.05, 0.1) is 17.7 Å². The van der Waals surface area contributed by atoms with Crippen LogP contribution in [0.2, 0.25) is 0 Å². The van der Waals surface area contributed by atoms with Crippen LogP contribution in [0.5, 0.6) is 5.75 Å². The Kier molecular flexibility index (Phi) is 9.44. The first-order chi connectivity index (χ1) is 17.2. The molecule has 1 aliphatic heterocycles. The van der Waals surface area contributed by atoms with Crippen molar-refractivity contribution >= 4 is 23.4 Å². The molecule has 0 unspecified atom stereocenters. The van der Waals surface area contributed by atoms with Gasteiger partial charge in [-0.1, -0.05) is 25.1 Å². The summed E-state index contributed by atoms with van der Waals surface area (Å²) in [4.78, 5) is 42.1. The van der Waals surface area contributed by atoms with E-state index in [-0.39, 0.29) is 49.0 Å². The highest BCUT2D eigenvalue weighted by molar-refractivity contribution is 6.05. The molecule has 3 amide bonds. The summed E-state index contributed by atoms with van der Waals surface area (Å²) in [5.41, 5.74) is 1.37. The molecular formula is C27H35N3O6. The zero-order chi connectivity index (χ0) is 26.2. The van der Waals surface area contributed by atoms with Gasteiger partial charge in [-0.3, -0.25) is 14.4 Å². The summed E-state index contributed by atoms with van der Waals surface area (Å²) >= 11 is 0. The molecule has 0 spiro atoms. The van der Waals surface area contributed by atoms with E-state index in [1.807, 2.05) is 19.9 Å². The van der Waals surface area contributed by atoms with Gasteiger partial charge >= 0.3 is 0 Å². The Hall–Kier alpha value is -3.43. The van der Waals surface area contributed by atoms with Gasteiger partial charge in [-0.05, 0) is 31.2 Å². The van der Waals surface area contributed by atoms with Gasteiger partial charge in [0, 0.05) is 57.6 Å². The molecular weight excluding hydrogens is 462 g/mol. The van der Waals surface area contributed by atoms with Gasteiger partial charge in [-0.15, -0.1) is 0 Å². The number of rotatable bonds is 5. The number of anilines is 1. The first-order valence-corrected chi connectivity index (χ1v) is 11.9. The largest absolute Gasteiger partial charge is 0.491 e. The first kappa shape index (κ1) is 27.2. The van der Waals surface area contributed by atoms with Crippen LogP contribution in [-0.4, -0.2) is 87.2 Å². The van der Waals surface area contributed by atoms with Crippen LogP contribution in [0.4, 0.5) is 5.69 Å². The van der Waals surface area contributed by atoms with Crippen molar-refractivity contribution in [2.24, 2.45) is 5.92 Å². The molecule has 0 aliphatic carbocycles. The monoisotopic (exact) mass is 497 g/mol. The number of benzene rings is 2. The zero-order valence-electron chi connectivity index (χ0n) is 21.5. The Balaban J connectivity index is 1.94. The number of carbonyl (C=O) groups excluding carboxylic acids is 3. The number of hydrogen-bond donors (Lipinski definition) is 1. The van der Waals surface area contributed by atoms with E-state index >= 15 is 0 Å². The number of nitrogens with zero attached hydrogens (tertiary/aromatic N) is 2. The normalized spacial score (nSPS) is 21.0. The van der Waals surface area contributed by atoms with E-state index in [1.165, 1.54) is 7.11 Å². The molecule has 194 valence electrons. The fourth-order valence-electron chi connectivity index (χ4n) is 4.20. The van der Waals surface area contributed by atoms with E-state index in [1.54, 1.807) is 66.4 Å². The van der Waals surface area contributed by atoms with E-state index in [0.29, 0.717) is 35.7 Å².